The van der Waals surface area contributed by atoms with E-state index in [0.717, 1.165) is 11.3 Å². The highest BCUT2D eigenvalue weighted by molar-refractivity contribution is 7.91. The van der Waals surface area contributed by atoms with Gasteiger partial charge in [0.1, 0.15) is 15.7 Å². The number of amides is 2. The highest BCUT2D eigenvalue weighted by Crippen LogP contribution is 2.39. The average molecular weight is 645 g/mol. The Kier molecular flexibility index (Phi) is 9.22. The van der Waals surface area contributed by atoms with Crippen LogP contribution in [0.5, 0.6) is 11.5 Å². The number of carbonyl (C=O) groups is 1. The van der Waals surface area contributed by atoms with E-state index in [-0.39, 0.29) is 23.4 Å². The Hall–Kier alpha value is -4.28. The van der Waals surface area contributed by atoms with Crippen LogP contribution in [-0.2, 0) is 22.4 Å². The van der Waals surface area contributed by atoms with Gasteiger partial charge in [-0.1, -0.05) is 12.1 Å². The van der Waals surface area contributed by atoms with Crippen LogP contribution in [0.15, 0.2) is 83.1 Å². The number of urea groups is 1. The van der Waals surface area contributed by atoms with Crippen LogP contribution in [0, 0.1) is 0 Å². The van der Waals surface area contributed by atoms with Crippen molar-refractivity contribution in [1.82, 2.24) is 10.0 Å². The molecule has 1 aromatic heterocycles. The van der Waals surface area contributed by atoms with Gasteiger partial charge in [0.25, 0.3) is 0 Å². The molecule has 16 heteroatoms. The molecule has 0 saturated heterocycles. The van der Waals surface area contributed by atoms with Crippen molar-refractivity contribution in [2.24, 2.45) is 0 Å². The number of anilines is 2. The summed E-state index contributed by atoms with van der Waals surface area (Å²) in [4.78, 5) is 12.7. The number of benzene rings is 3. The zero-order valence-electron chi connectivity index (χ0n) is 21.7. The van der Waals surface area contributed by atoms with Gasteiger partial charge in [-0.25, -0.2) is 17.9 Å². The normalized spacial score (nSPS) is 12.1. The number of carbonyl (C=O) groups excluding carboxylic acids is 1. The van der Waals surface area contributed by atoms with Gasteiger partial charge in [0, 0.05) is 34.9 Å². The number of hydrogen-bond donors (Lipinski definition) is 4. The first kappa shape index (κ1) is 31.7. The maximum Gasteiger partial charge on any atom is 0.416 e. The SMILES string of the molecule is Nc1ccc(Oc2ccccc2-c2ccc(S(=O)(=O)NCCNC(=O)Nc3cc(C(F)(F)F)cc(C(F)(F)F)c3)s2)cc1. The largest absolute Gasteiger partial charge is 0.457 e. The van der Waals surface area contributed by atoms with Crippen LogP contribution in [-0.4, -0.2) is 27.5 Å². The molecular formula is C27H22F6N4O4S2. The number of para-hydroxylation sites is 1. The molecule has 0 saturated carbocycles. The number of nitrogens with two attached hydrogens (primary N) is 1. The Labute approximate surface area is 245 Å². The molecule has 0 aliphatic rings. The van der Waals surface area contributed by atoms with Gasteiger partial charge < -0.3 is 21.1 Å². The molecule has 3 aromatic carbocycles. The lowest BCUT2D eigenvalue weighted by atomic mass is 10.1. The number of nitrogens with one attached hydrogen (secondary N) is 3. The standard InChI is InChI=1S/C27H22F6N4O4S2/c28-26(29,30)16-13-17(27(31,32)33)15-19(14-16)37-25(38)35-11-12-36-43(39,40)24-10-9-23(42-24)21-3-1-2-4-22(21)41-20-7-5-18(34)6-8-20/h1-10,13-15,36H,11-12,34H2,(H2,35,37,38). The Morgan fingerprint density at radius 1 is 0.837 bits per heavy atom. The Bertz CT molecular complexity index is 1670. The topological polar surface area (TPSA) is 123 Å². The molecule has 4 rings (SSSR count). The first-order valence-corrected chi connectivity index (χ1v) is 14.5. The summed E-state index contributed by atoms with van der Waals surface area (Å²) in [6.45, 7) is -0.650. The number of alkyl halides is 6. The van der Waals surface area contributed by atoms with E-state index < -0.39 is 45.2 Å². The van der Waals surface area contributed by atoms with Crippen LogP contribution >= 0.6 is 11.3 Å². The molecule has 0 aliphatic heterocycles. The molecule has 2 amide bonds. The lowest BCUT2D eigenvalue weighted by molar-refractivity contribution is -0.143. The molecule has 43 heavy (non-hydrogen) atoms. The summed E-state index contributed by atoms with van der Waals surface area (Å²) in [5, 5.41) is 4.08. The van der Waals surface area contributed by atoms with Crippen molar-refractivity contribution in [3.05, 3.63) is 90.0 Å². The summed E-state index contributed by atoms with van der Waals surface area (Å²) in [6, 6.07) is 16.2. The first-order chi connectivity index (χ1) is 20.1. The second kappa shape index (κ2) is 12.5. The predicted molar refractivity (Wildman–Crippen MR) is 149 cm³/mol. The highest BCUT2D eigenvalue weighted by Gasteiger charge is 2.37. The summed E-state index contributed by atoms with van der Waals surface area (Å²) in [7, 11) is -4.03. The van der Waals surface area contributed by atoms with E-state index in [4.69, 9.17) is 10.5 Å². The quantitative estimate of drug-likeness (QED) is 0.0895. The summed E-state index contributed by atoms with van der Waals surface area (Å²) in [6.07, 6.45) is -10.2. The summed E-state index contributed by atoms with van der Waals surface area (Å²) < 4.78 is 112. The number of rotatable bonds is 9. The van der Waals surface area contributed by atoms with Gasteiger partial charge in [0.2, 0.25) is 10.0 Å². The fraction of sp³-hybridized carbons (Fsp3) is 0.148. The smallest absolute Gasteiger partial charge is 0.416 e. The van der Waals surface area contributed by atoms with Gasteiger partial charge in [0.05, 0.1) is 11.1 Å². The molecule has 0 radical (unpaired) electrons. The van der Waals surface area contributed by atoms with Crippen molar-refractivity contribution in [3.63, 3.8) is 0 Å². The number of sulfonamides is 1. The van der Waals surface area contributed by atoms with Crippen LogP contribution in [0.2, 0.25) is 0 Å². The number of ether oxygens (including phenoxy) is 1. The second-order valence-corrected chi connectivity index (χ2v) is 11.9. The van der Waals surface area contributed by atoms with Crippen molar-refractivity contribution < 1.29 is 44.3 Å². The minimum Gasteiger partial charge on any atom is -0.457 e. The third kappa shape index (κ3) is 8.39. The molecule has 5 N–H and O–H groups in total. The molecule has 228 valence electrons. The molecule has 0 spiro atoms. The van der Waals surface area contributed by atoms with Crippen molar-refractivity contribution in [3.8, 4) is 21.9 Å². The van der Waals surface area contributed by atoms with Crippen LogP contribution < -0.4 is 25.8 Å². The Morgan fingerprint density at radius 2 is 1.47 bits per heavy atom. The van der Waals surface area contributed by atoms with Crippen LogP contribution in [0.1, 0.15) is 11.1 Å². The van der Waals surface area contributed by atoms with E-state index in [1.807, 2.05) is 5.32 Å². The molecular weight excluding hydrogens is 622 g/mol. The van der Waals surface area contributed by atoms with Gasteiger partial charge in [-0.2, -0.15) is 26.3 Å². The highest BCUT2D eigenvalue weighted by atomic mass is 32.2. The van der Waals surface area contributed by atoms with Gasteiger partial charge in [-0.15, -0.1) is 11.3 Å². The zero-order chi connectivity index (χ0) is 31.4. The van der Waals surface area contributed by atoms with E-state index in [9.17, 15) is 39.6 Å². The minimum absolute atomic E-state index is 0.0436. The number of hydrogen-bond acceptors (Lipinski definition) is 6. The molecule has 0 atom stereocenters. The van der Waals surface area contributed by atoms with E-state index in [0.29, 0.717) is 39.8 Å². The maximum absolute atomic E-state index is 13.0. The van der Waals surface area contributed by atoms with Crippen LogP contribution in [0.3, 0.4) is 0 Å². The van der Waals surface area contributed by atoms with E-state index in [1.165, 1.54) is 6.07 Å². The molecule has 0 fully saturated rings. The summed E-state index contributed by atoms with van der Waals surface area (Å²) in [5.41, 5.74) is 2.96. The fourth-order valence-electron chi connectivity index (χ4n) is 3.67. The van der Waals surface area contributed by atoms with Crippen molar-refractivity contribution in [2.45, 2.75) is 16.6 Å². The molecule has 4 aromatic rings. The fourth-order valence-corrected chi connectivity index (χ4v) is 6.08. The molecule has 0 aliphatic carbocycles. The van der Waals surface area contributed by atoms with Gasteiger partial charge in [-0.05, 0) is 66.7 Å². The van der Waals surface area contributed by atoms with E-state index in [2.05, 4.69) is 10.0 Å². The molecule has 0 unspecified atom stereocenters. The summed E-state index contributed by atoms with van der Waals surface area (Å²) in [5.74, 6) is 1.00. The maximum atomic E-state index is 13.0. The second-order valence-electron chi connectivity index (χ2n) is 8.86. The lowest BCUT2D eigenvalue weighted by Gasteiger charge is -2.15. The summed E-state index contributed by atoms with van der Waals surface area (Å²) >= 11 is 0.959. The van der Waals surface area contributed by atoms with Crippen molar-refractivity contribution in [1.29, 1.82) is 0 Å². The van der Waals surface area contributed by atoms with E-state index >= 15 is 0 Å². The lowest BCUT2D eigenvalue weighted by Crippen LogP contribution is -2.36. The number of halogens is 6. The third-order valence-electron chi connectivity index (χ3n) is 5.65. The first-order valence-electron chi connectivity index (χ1n) is 12.2. The third-order valence-corrected chi connectivity index (χ3v) is 8.73. The van der Waals surface area contributed by atoms with Gasteiger partial charge >= 0.3 is 18.4 Å². The molecule has 0 bridgehead atoms. The number of nitrogen functional groups attached to an aromatic ring is 1. The van der Waals surface area contributed by atoms with Crippen LogP contribution in [0.4, 0.5) is 42.5 Å². The number of thiophene rings is 1. The predicted octanol–water partition coefficient (Wildman–Crippen LogP) is 6.93. The Morgan fingerprint density at radius 3 is 2.09 bits per heavy atom. The zero-order valence-corrected chi connectivity index (χ0v) is 23.3. The van der Waals surface area contributed by atoms with Crippen molar-refractivity contribution >= 4 is 38.8 Å². The van der Waals surface area contributed by atoms with Gasteiger partial charge in [-0.3, -0.25) is 0 Å². The monoisotopic (exact) mass is 644 g/mol. The Balaban J connectivity index is 1.36. The minimum atomic E-state index is -5.08. The molecule has 8 nitrogen and oxygen atoms in total. The van der Waals surface area contributed by atoms with Crippen LogP contribution in [0.25, 0.3) is 10.4 Å². The van der Waals surface area contributed by atoms with E-state index in [1.54, 1.807) is 54.6 Å². The van der Waals surface area contributed by atoms with Gasteiger partial charge in [0.15, 0.2) is 0 Å². The van der Waals surface area contributed by atoms with Crippen molar-refractivity contribution in [2.75, 3.05) is 24.1 Å². The average Bonchev–Trinajstić information content (AvgIpc) is 3.43. The molecule has 1 heterocycles.